The smallest absolute Gasteiger partial charge is 0.243 e. The van der Waals surface area contributed by atoms with E-state index in [1.165, 1.54) is 6.07 Å². The average Bonchev–Trinajstić information content (AvgIpc) is 2.66. The van der Waals surface area contributed by atoms with Crippen molar-refractivity contribution >= 4 is 15.7 Å². The Labute approximate surface area is 115 Å². The molecule has 6 nitrogen and oxygen atoms in total. The fraction of sp³-hybridized carbons (Fsp3) is 0.250. The Morgan fingerprint density at radius 1 is 1.40 bits per heavy atom. The summed E-state index contributed by atoms with van der Waals surface area (Å²) in [7, 11) is -3.97. The number of aryl methyl sites for hydroxylation is 2. The van der Waals surface area contributed by atoms with Gasteiger partial charge in [-0.15, -0.1) is 0 Å². The summed E-state index contributed by atoms with van der Waals surface area (Å²) in [6.07, 6.45) is 0. The second kappa shape index (κ2) is 5.22. The van der Waals surface area contributed by atoms with E-state index < -0.39 is 20.7 Å². The van der Waals surface area contributed by atoms with Crippen molar-refractivity contribution in [2.45, 2.75) is 25.3 Å². The number of sulfonamides is 1. The molecule has 1 aromatic carbocycles. The number of hydrogen-bond acceptors (Lipinski definition) is 5. The van der Waals surface area contributed by atoms with Crippen LogP contribution in [0.3, 0.4) is 0 Å². The van der Waals surface area contributed by atoms with Gasteiger partial charge in [0, 0.05) is 17.8 Å². The van der Waals surface area contributed by atoms with Crippen molar-refractivity contribution in [3.05, 3.63) is 41.0 Å². The average molecular weight is 299 g/mol. The Kier molecular flexibility index (Phi) is 3.78. The zero-order chi connectivity index (χ0) is 14.9. The Bertz CT molecular complexity index is 721. The summed E-state index contributed by atoms with van der Waals surface area (Å²) in [5, 5.41) is 3.72. The van der Waals surface area contributed by atoms with E-state index in [0.717, 1.165) is 12.1 Å². The van der Waals surface area contributed by atoms with E-state index in [9.17, 15) is 12.8 Å². The molecule has 108 valence electrons. The van der Waals surface area contributed by atoms with Gasteiger partial charge in [0.25, 0.3) is 0 Å². The standard InChI is InChI=1S/C12H14FN3O3S/c1-7-10(8(2)19-16-7)6-15-20(17,18)12-4-3-9(14)5-11(12)13/h3-5,15H,6,14H2,1-2H3. The molecule has 0 aliphatic rings. The van der Waals surface area contributed by atoms with Gasteiger partial charge in [-0.2, -0.15) is 0 Å². The normalized spacial score (nSPS) is 11.8. The lowest BCUT2D eigenvalue weighted by Gasteiger charge is -2.08. The SMILES string of the molecule is Cc1noc(C)c1CNS(=O)(=O)c1ccc(N)cc1F. The van der Waals surface area contributed by atoms with Gasteiger partial charge in [-0.25, -0.2) is 17.5 Å². The molecule has 0 fully saturated rings. The van der Waals surface area contributed by atoms with Gasteiger partial charge in [0.1, 0.15) is 16.5 Å². The number of nitrogen functional groups attached to an aromatic ring is 1. The number of benzene rings is 1. The van der Waals surface area contributed by atoms with Crippen molar-refractivity contribution in [3.8, 4) is 0 Å². The van der Waals surface area contributed by atoms with Gasteiger partial charge in [0.2, 0.25) is 10.0 Å². The van der Waals surface area contributed by atoms with Crippen LogP contribution in [0.2, 0.25) is 0 Å². The topological polar surface area (TPSA) is 98.2 Å². The van der Waals surface area contributed by atoms with Crippen molar-refractivity contribution in [2.24, 2.45) is 0 Å². The van der Waals surface area contributed by atoms with Crippen LogP contribution in [-0.2, 0) is 16.6 Å². The maximum atomic E-state index is 13.6. The molecule has 0 aliphatic carbocycles. The fourth-order valence-electron chi connectivity index (χ4n) is 1.73. The number of halogens is 1. The van der Waals surface area contributed by atoms with Crippen molar-refractivity contribution in [1.82, 2.24) is 9.88 Å². The Morgan fingerprint density at radius 3 is 2.65 bits per heavy atom. The van der Waals surface area contributed by atoms with Crippen LogP contribution in [0.1, 0.15) is 17.0 Å². The van der Waals surface area contributed by atoms with E-state index in [4.69, 9.17) is 10.3 Å². The maximum Gasteiger partial charge on any atom is 0.243 e. The molecule has 0 saturated carbocycles. The minimum atomic E-state index is -3.97. The summed E-state index contributed by atoms with van der Waals surface area (Å²) < 4.78 is 45.0. The molecule has 0 bridgehead atoms. The van der Waals surface area contributed by atoms with E-state index >= 15 is 0 Å². The lowest BCUT2D eigenvalue weighted by molar-refractivity contribution is 0.392. The van der Waals surface area contributed by atoms with Crippen molar-refractivity contribution < 1.29 is 17.3 Å². The van der Waals surface area contributed by atoms with Crippen LogP contribution >= 0.6 is 0 Å². The second-order valence-electron chi connectivity index (χ2n) is 4.32. The molecule has 0 saturated heterocycles. The lowest BCUT2D eigenvalue weighted by Crippen LogP contribution is -2.24. The van der Waals surface area contributed by atoms with Gasteiger partial charge >= 0.3 is 0 Å². The Morgan fingerprint density at radius 2 is 2.10 bits per heavy atom. The van der Waals surface area contributed by atoms with E-state index in [-0.39, 0.29) is 12.2 Å². The van der Waals surface area contributed by atoms with E-state index in [1.54, 1.807) is 13.8 Å². The van der Waals surface area contributed by atoms with Crippen LogP contribution in [0, 0.1) is 19.7 Å². The molecule has 0 atom stereocenters. The minimum Gasteiger partial charge on any atom is -0.399 e. The van der Waals surface area contributed by atoms with Gasteiger partial charge in [0.15, 0.2) is 0 Å². The molecule has 2 rings (SSSR count). The first kappa shape index (κ1) is 14.5. The number of anilines is 1. The molecule has 1 heterocycles. The number of nitrogens with zero attached hydrogens (tertiary/aromatic N) is 1. The van der Waals surface area contributed by atoms with Gasteiger partial charge < -0.3 is 10.3 Å². The summed E-state index contributed by atoms with van der Waals surface area (Å²) >= 11 is 0. The highest BCUT2D eigenvalue weighted by Crippen LogP contribution is 2.18. The minimum absolute atomic E-state index is 0.0205. The zero-order valence-electron chi connectivity index (χ0n) is 11.0. The predicted molar refractivity (Wildman–Crippen MR) is 70.8 cm³/mol. The molecule has 0 radical (unpaired) electrons. The van der Waals surface area contributed by atoms with Crippen LogP contribution in [0.5, 0.6) is 0 Å². The molecule has 1 aromatic heterocycles. The number of hydrogen-bond donors (Lipinski definition) is 2. The van der Waals surface area contributed by atoms with Crippen LogP contribution < -0.4 is 10.5 Å². The number of aromatic nitrogens is 1. The van der Waals surface area contributed by atoms with E-state index in [2.05, 4.69) is 9.88 Å². The molecule has 0 aliphatic heterocycles. The molecular weight excluding hydrogens is 285 g/mol. The van der Waals surface area contributed by atoms with Crippen molar-refractivity contribution in [1.29, 1.82) is 0 Å². The molecule has 3 N–H and O–H groups in total. The third kappa shape index (κ3) is 2.81. The van der Waals surface area contributed by atoms with Crippen LogP contribution in [0.25, 0.3) is 0 Å². The summed E-state index contributed by atoms with van der Waals surface area (Å²) in [4.78, 5) is -0.446. The quantitative estimate of drug-likeness (QED) is 0.833. The van der Waals surface area contributed by atoms with Crippen molar-refractivity contribution in [3.63, 3.8) is 0 Å². The summed E-state index contributed by atoms with van der Waals surface area (Å²) in [6.45, 7) is 3.35. The number of nitrogens with two attached hydrogens (primary N) is 1. The highest BCUT2D eigenvalue weighted by Gasteiger charge is 2.20. The molecular formula is C12H14FN3O3S. The molecule has 8 heteroatoms. The second-order valence-corrected chi connectivity index (χ2v) is 6.05. The summed E-state index contributed by atoms with van der Waals surface area (Å²) in [5.74, 6) is -0.376. The maximum absolute atomic E-state index is 13.6. The van der Waals surface area contributed by atoms with Crippen LogP contribution in [-0.4, -0.2) is 13.6 Å². The van der Waals surface area contributed by atoms with Crippen molar-refractivity contribution in [2.75, 3.05) is 5.73 Å². The van der Waals surface area contributed by atoms with Gasteiger partial charge in [-0.05, 0) is 32.0 Å². The van der Waals surface area contributed by atoms with E-state index in [1.807, 2.05) is 0 Å². The summed E-state index contributed by atoms with van der Waals surface area (Å²) in [5.41, 5.74) is 6.76. The Balaban J connectivity index is 2.24. The predicted octanol–water partition coefficient (Wildman–Crippen LogP) is 1.49. The highest BCUT2D eigenvalue weighted by molar-refractivity contribution is 7.89. The third-order valence-corrected chi connectivity index (χ3v) is 4.30. The largest absolute Gasteiger partial charge is 0.399 e. The fourth-order valence-corrected chi connectivity index (χ4v) is 2.79. The van der Waals surface area contributed by atoms with E-state index in [0.29, 0.717) is 17.0 Å². The highest BCUT2D eigenvalue weighted by atomic mass is 32.2. The molecule has 2 aromatic rings. The van der Waals surface area contributed by atoms with Gasteiger partial charge in [0.05, 0.1) is 5.69 Å². The number of rotatable bonds is 4. The first-order valence-corrected chi connectivity index (χ1v) is 7.26. The van der Waals surface area contributed by atoms with Gasteiger partial charge in [-0.1, -0.05) is 5.16 Å². The third-order valence-electron chi connectivity index (χ3n) is 2.87. The van der Waals surface area contributed by atoms with Gasteiger partial charge in [-0.3, -0.25) is 0 Å². The first-order valence-electron chi connectivity index (χ1n) is 5.77. The molecule has 20 heavy (non-hydrogen) atoms. The zero-order valence-corrected chi connectivity index (χ0v) is 11.8. The summed E-state index contributed by atoms with van der Waals surface area (Å²) in [6, 6.07) is 3.42. The van der Waals surface area contributed by atoms with Crippen LogP contribution in [0.15, 0.2) is 27.6 Å². The Hall–Kier alpha value is -1.93. The lowest BCUT2D eigenvalue weighted by atomic mass is 10.2. The molecule has 0 spiro atoms. The molecule has 0 unspecified atom stereocenters. The molecule has 0 amide bonds. The number of nitrogens with one attached hydrogen (secondary N) is 1. The monoisotopic (exact) mass is 299 g/mol. The first-order chi connectivity index (χ1) is 9.31. The van der Waals surface area contributed by atoms with Crippen LogP contribution in [0.4, 0.5) is 10.1 Å².